The fourth-order valence-electron chi connectivity index (χ4n) is 1.94. The van der Waals surface area contributed by atoms with E-state index in [9.17, 15) is 8.42 Å². The fraction of sp³-hybridized carbons (Fsp3) is 1.00. The zero-order chi connectivity index (χ0) is 12.7. The average molecular weight is 264 g/mol. The molecule has 1 rings (SSSR count). The molecule has 1 fully saturated rings. The Morgan fingerprint density at radius 3 is 2.76 bits per heavy atom. The SMILES string of the molecule is COCCCS(=O)(=O)NCC1CCC(C)NC1. The van der Waals surface area contributed by atoms with Crippen LogP contribution < -0.4 is 10.0 Å². The Labute approximate surface area is 104 Å². The number of sulfonamides is 1. The summed E-state index contributed by atoms with van der Waals surface area (Å²) in [5.41, 5.74) is 0. The molecular weight excluding hydrogens is 240 g/mol. The van der Waals surface area contributed by atoms with Gasteiger partial charge in [0.25, 0.3) is 0 Å². The van der Waals surface area contributed by atoms with Gasteiger partial charge in [0.2, 0.25) is 10.0 Å². The monoisotopic (exact) mass is 264 g/mol. The second-order valence-electron chi connectivity index (χ2n) is 4.77. The van der Waals surface area contributed by atoms with Crippen molar-refractivity contribution in [2.24, 2.45) is 5.92 Å². The minimum absolute atomic E-state index is 0.150. The Bertz CT molecular complexity index is 298. The van der Waals surface area contributed by atoms with E-state index in [0.29, 0.717) is 31.5 Å². The van der Waals surface area contributed by atoms with Crippen LogP contribution in [0, 0.1) is 5.92 Å². The zero-order valence-electron chi connectivity index (χ0n) is 10.7. The van der Waals surface area contributed by atoms with E-state index < -0.39 is 10.0 Å². The van der Waals surface area contributed by atoms with E-state index >= 15 is 0 Å². The van der Waals surface area contributed by atoms with Gasteiger partial charge in [0.15, 0.2) is 0 Å². The standard InChI is InChI=1S/C11H24N2O3S/c1-10-4-5-11(8-12-10)9-13-17(14,15)7-3-6-16-2/h10-13H,3-9H2,1-2H3. The summed E-state index contributed by atoms with van der Waals surface area (Å²) in [5.74, 6) is 0.570. The maximum absolute atomic E-state index is 11.6. The molecule has 0 spiro atoms. The van der Waals surface area contributed by atoms with Crippen molar-refractivity contribution in [2.75, 3.05) is 32.6 Å². The quantitative estimate of drug-likeness (QED) is 0.650. The molecule has 5 nitrogen and oxygen atoms in total. The summed E-state index contributed by atoms with van der Waals surface area (Å²) in [4.78, 5) is 0. The van der Waals surface area contributed by atoms with Crippen molar-refractivity contribution in [1.82, 2.24) is 10.0 Å². The summed E-state index contributed by atoms with van der Waals surface area (Å²) in [6.45, 7) is 4.10. The molecule has 1 saturated heterocycles. The molecule has 2 atom stereocenters. The first-order chi connectivity index (χ1) is 8.03. The number of methoxy groups -OCH3 is 1. The lowest BCUT2D eigenvalue weighted by molar-refractivity contribution is 0.199. The van der Waals surface area contributed by atoms with Crippen molar-refractivity contribution < 1.29 is 13.2 Å². The molecule has 0 bridgehead atoms. The number of rotatable bonds is 7. The van der Waals surface area contributed by atoms with Gasteiger partial charge in [-0.15, -0.1) is 0 Å². The van der Waals surface area contributed by atoms with E-state index in [-0.39, 0.29) is 5.75 Å². The number of ether oxygens (including phenoxy) is 1. The van der Waals surface area contributed by atoms with Crippen LogP contribution in [0.1, 0.15) is 26.2 Å². The van der Waals surface area contributed by atoms with Gasteiger partial charge < -0.3 is 10.1 Å². The van der Waals surface area contributed by atoms with Crippen LogP contribution in [0.25, 0.3) is 0 Å². The van der Waals surface area contributed by atoms with Gasteiger partial charge in [0.1, 0.15) is 0 Å². The highest BCUT2D eigenvalue weighted by Gasteiger charge is 2.19. The summed E-state index contributed by atoms with van der Waals surface area (Å²) < 4.78 is 30.8. The third-order valence-corrected chi connectivity index (χ3v) is 4.55. The molecule has 0 aromatic heterocycles. The van der Waals surface area contributed by atoms with Crippen molar-refractivity contribution in [3.05, 3.63) is 0 Å². The van der Waals surface area contributed by atoms with Gasteiger partial charge in [-0.05, 0) is 38.6 Å². The lowest BCUT2D eigenvalue weighted by Crippen LogP contribution is -2.42. The lowest BCUT2D eigenvalue weighted by Gasteiger charge is -2.27. The first-order valence-electron chi connectivity index (χ1n) is 6.23. The summed E-state index contributed by atoms with van der Waals surface area (Å²) in [6, 6.07) is 0.560. The van der Waals surface area contributed by atoms with Gasteiger partial charge >= 0.3 is 0 Å². The third-order valence-electron chi connectivity index (χ3n) is 3.12. The van der Waals surface area contributed by atoms with Crippen LogP contribution in [-0.2, 0) is 14.8 Å². The number of hydrogen-bond acceptors (Lipinski definition) is 4. The maximum Gasteiger partial charge on any atom is 0.211 e. The molecule has 0 aromatic rings. The summed E-state index contributed by atoms with van der Waals surface area (Å²) >= 11 is 0. The molecule has 6 heteroatoms. The summed E-state index contributed by atoms with van der Waals surface area (Å²) in [7, 11) is -1.55. The number of nitrogens with one attached hydrogen (secondary N) is 2. The Morgan fingerprint density at radius 1 is 1.41 bits per heavy atom. The third kappa shape index (κ3) is 6.35. The number of hydrogen-bond donors (Lipinski definition) is 2. The normalized spacial score (nSPS) is 26.0. The molecule has 1 heterocycles. The van der Waals surface area contributed by atoms with E-state index in [2.05, 4.69) is 17.0 Å². The molecule has 0 saturated carbocycles. The van der Waals surface area contributed by atoms with Crippen molar-refractivity contribution in [3.63, 3.8) is 0 Å². The Balaban J connectivity index is 2.20. The highest BCUT2D eigenvalue weighted by atomic mass is 32.2. The molecule has 0 amide bonds. The number of piperidine rings is 1. The van der Waals surface area contributed by atoms with E-state index in [1.165, 1.54) is 0 Å². The maximum atomic E-state index is 11.6. The first-order valence-corrected chi connectivity index (χ1v) is 7.88. The second-order valence-corrected chi connectivity index (χ2v) is 6.69. The molecule has 1 aliphatic heterocycles. The van der Waals surface area contributed by atoms with Crippen molar-refractivity contribution in [3.8, 4) is 0 Å². The van der Waals surface area contributed by atoms with E-state index in [0.717, 1.165) is 19.4 Å². The van der Waals surface area contributed by atoms with Crippen LogP contribution in [0.5, 0.6) is 0 Å². The molecule has 102 valence electrons. The Morgan fingerprint density at radius 2 is 2.18 bits per heavy atom. The molecule has 0 aromatic carbocycles. The molecule has 2 unspecified atom stereocenters. The second kappa shape index (κ2) is 7.31. The van der Waals surface area contributed by atoms with Gasteiger partial charge in [-0.3, -0.25) is 0 Å². The van der Waals surface area contributed by atoms with E-state index in [4.69, 9.17) is 4.74 Å². The Hall–Kier alpha value is -0.170. The highest BCUT2D eigenvalue weighted by Crippen LogP contribution is 2.13. The zero-order valence-corrected chi connectivity index (χ0v) is 11.6. The smallest absolute Gasteiger partial charge is 0.211 e. The van der Waals surface area contributed by atoms with Crippen LogP contribution in [0.2, 0.25) is 0 Å². The van der Waals surface area contributed by atoms with Crippen LogP contribution in [0.4, 0.5) is 0 Å². The average Bonchev–Trinajstić information content (AvgIpc) is 2.29. The predicted molar refractivity (Wildman–Crippen MR) is 68.5 cm³/mol. The molecule has 1 aliphatic rings. The molecule has 0 aliphatic carbocycles. The minimum Gasteiger partial charge on any atom is -0.385 e. The van der Waals surface area contributed by atoms with Gasteiger partial charge in [-0.25, -0.2) is 13.1 Å². The topological polar surface area (TPSA) is 67.4 Å². The van der Waals surface area contributed by atoms with E-state index in [1.807, 2.05) is 0 Å². The lowest BCUT2D eigenvalue weighted by atomic mass is 9.96. The molecular formula is C11H24N2O3S. The van der Waals surface area contributed by atoms with E-state index in [1.54, 1.807) is 7.11 Å². The molecule has 0 radical (unpaired) electrons. The Kier molecular flexibility index (Phi) is 6.40. The summed E-state index contributed by atoms with van der Waals surface area (Å²) in [6.07, 6.45) is 2.76. The minimum atomic E-state index is -3.12. The van der Waals surface area contributed by atoms with Crippen LogP contribution in [0.3, 0.4) is 0 Å². The van der Waals surface area contributed by atoms with Gasteiger partial charge in [0, 0.05) is 26.3 Å². The van der Waals surface area contributed by atoms with Crippen molar-refractivity contribution in [2.45, 2.75) is 32.2 Å². The highest BCUT2D eigenvalue weighted by molar-refractivity contribution is 7.89. The first kappa shape index (κ1) is 14.9. The largest absolute Gasteiger partial charge is 0.385 e. The molecule has 17 heavy (non-hydrogen) atoms. The van der Waals surface area contributed by atoms with Crippen LogP contribution in [0.15, 0.2) is 0 Å². The summed E-state index contributed by atoms with van der Waals surface area (Å²) in [5, 5.41) is 3.37. The van der Waals surface area contributed by atoms with Crippen LogP contribution >= 0.6 is 0 Å². The molecule has 2 N–H and O–H groups in total. The van der Waals surface area contributed by atoms with Gasteiger partial charge in [0.05, 0.1) is 5.75 Å². The van der Waals surface area contributed by atoms with Gasteiger partial charge in [-0.1, -0.05) is 0 Å². The van der Waals surface area contributed by atoms with Crippen LogP contribution in [-0.4, -0.2) is 47.0 Å². The van der Waals surface area contributed by atoms with Crippen molar-refractivity contribution in [1.29, 1.82) is 0 Å². The predicted octanol–water partition coefficient (Wildman–Crippen LogP) is 0.330. The van der Waals surface area contributed by atoms with Gasteiger partial charge in [-0.2, -0.15) is 0 Å². The van der Waals surface area contributed by atoms with Crippen molar-refractivity contribution >= 4 is 10.0 Å². The fourth-order valence-corrected chi connectivity index (χ4v) is 3.07.